The summed E-state index contributed by atoms with van der Waals surface area (Å²) < 4.78 is 0. The van der Waals surface area contributed by atoms with E-state index in [-0.39, 0.29) is 0 Å². The molecule has 0 radical (unpaired) electrons. The van der Waals surface area contributed by atoms with Crippen LogP contribution in [0.2, 0.25) is 0 Å². The van der Waals surface area contributed by atoms with Crippen LogP contribution in [0, 0.1) is 0 Å². The van der Waals surface area contributed by atoms with Crippen molar-refractivity contribution in [2.45, 2.75) is 13.3 Å². The zero-order valence-electron chi connectivity index (χ0n) is 5.18. The largest absolute Gasteiger partial charge is 0.300 e. The van der Waals surface area contributed by atoms with Gasteiger partial charge in [0.1, 0.15) is 5.78 Å². The molecule has 2 heteroatoms. The molecule has 2 nitrogen and oxygen atoms in total. The first-order valence-electron chi connectivity index (χ1n) is 3.01. The van der Waals surface area contributed by atoms with Crippen LogP contribution in [0.5, 0.6) is 0 Å². The smallest absolute Gasteiger partial charge is 0.131 e. The second-order valence-electron chi connectivity index (χ2n) is 2.29. The summed E-state index contributed by atoms with van der Waals surface area (Å²) >= 11 is 0. The normalized spacial score (nSPS) is 18.6. The van der Waals surface area contributed by atoms with E-state index >= 15 is 0 Å². The van der Waals surface area contributed by atoms with Gasteiger partial charge in [-0.3, -0.25) is 4.79 Å². The predicted octanol–water partition coefficient (Wildman–Crippen LogP) is 0.281. The van der Waals surface area contributed by atoms with Gasteiger partial charge in [-0.1, -0.05) is 0 Å². The summed E-state index contributed by atoms with van der Waals surface area (Å²) in [6.07, 6.45) is 0.736. The summed E-state index contributed by atoms with van der Waals surface area (Å²) in [6, 6.07) is 0. The lowest BCUT2D eigenvalue weighted by molar-refractivity contribution is -0.117. The van der Waals surface area contributed by atoms with Gasteiger partial charge < -0.3 is 4.90 Å². The minimum Gasteiger partial charge on any atom is -0.300 e. The Morgan fingerprint density at radius 3 is 2.62 bits per heavy atom. The molecule has 0 aromatic heterocycles. The molecule has 0 spiro atoms. The summed E-state index contributed by atoms with van der Waals surface area (Å²) in [7, 11) is 0. The van der Waals surface area contributed by atoms with E-state index in [0.29, 0.717) is 5.78 Å². The lowest BCUT2D eigenvalue weighted by atomic mass is 10.3. The molecule has 1 aliphatic heterocycles. The highest BCUT2D eigenvalue weighted by Gasteiger charge is 2.15. The van der Waals surface area contributed by atoms with Crippen LogP contribution < -0.4 is 0 Å². The average molecular weight is 113 g/mol. The third-order valence-electron chi connectivity index (χ3n) is 1.32. The molecule has 0 saturated carbocycles. The van der Waals surface area contributed by atoms with Gasteiger partial charge in [0.2, 0.25) is 0 Å². The summed E-state index contributed by atoms with van der Waals surface area (Å²) in [5.74, 6) is 0.303. The van der Waals surface area contributed by atoms with Crippen LogP contribution in [0.3, 0.4) is 0 Å². The van der Waals surface area contributed by atoms with Crippen LogP contribution in [0.1, 0.15) is 13.3 Å². The first-order valence-corrected chi connectivity index (χ1v) is 3.01. The third-order valence-corrected chi connectivity index (χ3v) is 1.32. The molecule has 1 aliphatic rings. The Bertz CT molecular complexity index is 96.7. The van der Waals surface area contributed by atoms with Gasteiger partial charge in [0.15, 0.2) is 0 Å². The Hall–Kier alpha value is -0.370. The van der Waals surface area contributed by atoms with Crippen molar-refractivity contribution < 1.29 is 4.79 Å². The molecule has 0 N–H and O–H groups in total. The van der Waals surface area contributed by atoms with Crippen molar-refractivity contribution >= 4 is 5.78 Å². The van der Waals surface area contributed by atoms with Crippen LogP contribution in [-0.4, -0.2) is 30.3 Å². The van der Waals surface area contributed by atoms with Crippen LogP contribution >= 0.6 is 0 Å². The molecular weight excluding hydrogens is 102 g/mol. The van der Waals surface area contributed by atoms with Gasteiger partial charge in [0, 0.05) is 26.1 Å². The minimum absolute atomic E-state index is 0.303. The van der Waals surface area contributed by atoms with Crippen LogP contribution in [0.15, 0.2) is 0 Å². The number of Topliss-reactive ketones (excluding diaryl/α,β-unsaturated/α-hetero) is 1. The maximum absolute atomic E-state index is 10.3. The van der Waals surface area contributed by atoms with Gasteiger partial charge >= 0.3 is 0 Å². The molecular formula is C6H11NO. The molecule has 1 rings (SSSR count). The molecule has 0 aromatic carbocycles. The molecule has 0 atom stereocenters. The van der Waals surface area contributed by atoms with Gasteiger partial charge in [-0.05, 0) is 6.92 Å². The van der Waals surface area contributed by atoms with E-state index in [2.05, 4.69) is 4.90 Å². The fourth-order valence-electron chi connectivity index (χ4n) is 0.610. The fourth-order valence-corrected chi connectivity index (χ4v) is 0.610. The first kappa shape index (κ1) is 5.76. The summed E-state index contributed by atoms with van der Waals surface area (Å²) in [5, 5.41) is 0. The number of carbonyl (C=O) groups excluding carboxylic acids is 1. The molecule has 1 fully saturated rings. The van der Waals surface area contributed by atoms with E-state index in [4.69, 9.17) is 0 Å². The molecule has 46 valence electrons. The van der Waals surface area contributed by atoms with Crippen molar-refractivity contribution in [3.8, 4) is 0 Å². The topological polar surface area (TPSA) is 20.1 Å². The number of carbonyl (C=O) groups is 1. The SMILES string of the molecule is CC(=O)CCN1CC1. The quantitative estimate of drug-likeness (QED) is 0.490. The lowest BCUT2D eigenvalue weighted by Crippen LogP contribution is -2.03. The highest BCUT2D eigenvalue weighted by atomic mass is 16.1. The van der Waals surface area contributed by atoms with E-state index in [1.54, 1.807) is 6.92 Å². The van der Waals surface area contributed by atoms with Gasteiger partial charge in [-0.2, -0.15) is 0 Å². The highest BCUT2D eigenvalue weighted by Crippen LogP contribution is 2.03. The van der Waals surface area contributed by atoms with Crippen LogP contribution in [0.25, 0.3) is 0 Å². The number of hydrogen-bond donors (Lipinski definition) is 0. The summed E-state index contributed by atoms with van der Waals surface area (Å²) in [6.45, 7) is 5.03. The van der Waals surface area contributed by atoms with E-state index in [1.807, 2.05) is 0 Å². The molecule has 1 heterocycles. The second kappa shape index (κ2) is 2.27. The van der Waals surface area contributed by atoms with E-state index in [9.17, 15) is 4.79 Å². The second-order valence-corrected chi connectivity index (χ2v) is 2.29. The third kappa shape index (κ3) is 2.07. The Kier molecular flexibility index (Phi) is 1.63. The molecule has 0 bridgehead atoms. The van der Waals surface area contributed by atoms with Crippen molar-refractivity contribution in [2.75, 3.05) is 19.6 Å². The maximum Gasteiger partial charge on any atom is 0.131 e. The lowest BCUT2D eigenvalue weighted by Gasteiger charge is -1.93. The maximum atomic E-state index is 10.3. The molecule has 0 aliphatic carbocycles. The minimum atomic E-state index is 0.303. The van der Waals surface area contributed by atoms with Crippen molar-refractivity contribution in [1.29, 1.82) is 0 Å². The predicted molar refractivity (Wildman–Crippen MR) is 31.7 cm³/mol. The van der Waals surface area contributed by atoms with Gasteiger partial charge in [0.05, 0.1) is 0 Å². The van der Waals surface area contributed by atoms with Gasteiger partial charge in [-0.25, -0.2) is 0 Å². The monoisotopic (exact) mass is 113 g/mol. The molecule has 8 heavy (non-hydrogen) atoms. The Labute approximate surface area is 49.5 Å². The van der Waals surface area contributed by atoms with Gasteiger partial charge in [-0.15, -0.1) is 0 Å². The molecule has 0 aromatic rings. The number of hydrogen-bond acceptors (Lipinski definition) is 2. The number of rotatable bonds is 3. The molecule has 1 saturated heterocycles. The number of nitrogens with zero attached hydrogens (tertiary/aromatic N) is 1. The van der Waals surface area contributed by atoms with Crippen molar-refractivity contribution in [3.05, 3.63) is 0 Å². The summed E-state index contributed by atoms with van der Waals surface area (Å²) in [5.41, 5.74) is 0. The Balaban J connectivity index is 1.95. The Morgan fingerprint density at radius 2 is 2.25 bits per heavy atom. The van der Waals surface area contributed by atoms with Gasteiger partial charge in [0.25, 0.3) is 0 Å². The fraction of sp³-hybridized carbons (Fsp3) is 0.833. The standard InChI is InChI=1S/C6H11NO/c1-6(8)2-3-7-4-5-7/h2-5H2,1H3. The van der Waals surface area contributed by atoms with E-state index in [1.165, 1.54) is 13.1 Å². The van der Waals surface area contributed by atoms with E-state index in [0.717, 1.165) is 13.0 Å². The average Bonchev–Trinajstić information content (AvgIpc) is 2.41. The van der Waals surface area contributed by atoms with Crippen LogP contribution in [0.4, 0.5) is 0 Å². The van der Waals surface area contributed by atoms with E-state index < -0.39 is 0 Å². The number of ketones is 1. The zero-order chi connectivity index (χ0) is 5.98. The molecule has 0 unspecified atom stereocenters. The van der Waals surface area contributed by atoms with Crippen molar-refractivity contribution in [1.82, 2.24) is 4.90 Å². The zero-order valence-corrected chi connectivity index (χ0v) is 5.18. The van der Waals surface area contributed by atoms with Crippen molar-refractivity contribution in [2.24, 2.45) is 0 Å². The Morgan fingerprint density at radius 1 is 1.62 bits per heavy atom. The highest BCUT2D eigenvalue weighted by molar-refractivity contribution is 5.75. The van der Waals surface area contributed by atoms with Crippen molar-refractivity contribution in [3.63, 3.8) is 0 Å². The molecule has 0 amide bonds. The summed E-state index contributed by atoms with van der Waals surface area (Å²) in [4.78, 5) is 12.6. The van der Waals surface area contributed by atoms with Crippen LogP contribution in [-0.2, 0) is 4.79 Å². The first-order chi connectivity index (χ1) is 3.79.